The van der Waals surface area contributed by atoms with Crippen LogP contribution in [0.15, 0.2) is 0 Å². The van der Waals surface area contributed by atoms with E-state index in [1.54, 1.807) is 11.9 Å². The molecule has 2 unspecified atom stereocenters. The summed E-state index contributed by atoms with van der Waals surface area (Å²) in [5.74, 6) is -1.37. The van der Waals surface area contributed by atoms with Gasteiger partial charge in [0.25, 0.3) is 0 Å². The zero-order valence-electron chi connectivity index (χ0n) is 6.90. The molecule has 5 heteroatoms. The van der Waals surface area contributed by atoms with Crippen LogP contribution in [0.3, 0.4) is 0 Å². The number of aliphatic hydroxyl groups is 2. The van der Waals surface area contributed by atoms with Crippen molar-refractivity contribution >= 4 is 5.97 Å². The molecular formula is C7H13NO4. The molecule has 0 aromatic heterocycles. The quantitative estimate of drug-likeness (QED) is 0.476. The van der Waals surface area contributed by atoms with E-state index in [9.17, 15) is 9.90 Å². The second-order valence-corrected chi connectivity index (χ2v) is 3.33. The molecule has 3 N–H and O–H groups in total. The highest BCUT2D eigenvalue weighted by Gasteiger charge is 2.44. The molecule has 12 heavy (non-hydrogen) atoms. The first-order valence-corrected chi connectivity index (χ1v) is 3.77. The Morgan fingerprint density at radius 1 is 1.67 bits per heavy atom. The largest absolute Gasteiger partial charge is 0.479 e. The third-order valence-electron chi connectivity index (χ3n) is 2.21. The molecule has 70 valence electrons. The molecule has 1 aliphatic rings. The predicted molar refractivity (Wildman–Crippen MR) is 40.7 cm³/mol. The number of β-amino-alcohol motifs (C(OH)–C–C–N with tert-alkyl or cyclic N) is 1. The number of aliphatic hydroxyl groups excluding tert-OH is 1. The molecule has 0 amide bonds. The van der Waals surface area contributed by atoms with Gasteiger partial charge in [0, 0.05) is 13.1 Å². The monoisotopic (exact) mass is 175 g/mol. The zero-order chi connectivity index (χ0) is 9.35. The highest BCUT2D eigenvalue weighted by atomic mass is 16.4. The molecule has 1 aliphatic heterocycles. The number of hydrogen-bond donors (Lipinski definition) is 3. The maximum Gasteiger partial charge on any atom is 0.335 e. The first-order valence-electron chi connectivity index (χ1n) is 3.77. The topological polar surface area (TPSA) is 81.0 Å². The highest BCUT2D eigenvalue weighted by molar-refractivity contribution is 5.73. The number of aliphatic carboxylic acids is 1. The van der Waals surface area contributed by atoms with Gasteiger partial charge in [-0.05, 0) is 13.5 Å². The second-order valence-electron chi connectivity index (χ2n) is 3.33. The molecule has 0 aromatic rings. The minimum absolute atomic E-state index is 0.209. The Hall–Kier alpha value is -0.650. The molecule has 1 rings (SSSR count). The lowest BCUT2D eigenvalue weighted by molar-refractivity contribution is -0.161. The normalized spacial score (nSPS) is 33.6. The maximum atomic E-state index is 10.4. The van der Waals surface area contributed by atoms with Crippen LogP contribution in [0.2, 0.25) is 0 Å². The van der Waals surface area contributed by atoms with Crippen molar-refractivity contribution in [1.82, 2.24) is 4.90 Å². The van der Waals surface area contributed by atoms with Crippen molar-refractivity contribution in [2.45, 2.75) is 18.1 Å². The zero-order valence-corrected chi connectivity index (χ0v) is 6.90. The van der Waals surface area contributed by atoms with Gasteiger partial charge in [0.2, 0.25) is 0 Å². The number of carboxylic acids is 1. The Balaban J connectivity index is 2.66. The molecule has 1 heterocycles. The number of likely N-dealkylation sites (tertiary alicyclic amines) is 1. The third kappa shape index (κ3) is 1.57. The van der Waals surface area contributed by atoms with Gasteiger partial charge >= 0.3 is 5.97 Å². The van der Waals surface area contributed by atoms with Crippen LogP contribution in [0.4, 0.5) is 0 Å². The van der Waals surface area contributed by atoms with Gasteiger partial charge in [-0.1, -0.05) is 0 Å². The fourth-order valence-corrected chi connectivity index (χ4v) is 1.46. The molecule has 5 nitrogen and oxygen atoms in total. The van der Waals surface area contributed by atoms with Crippen molar-refractivity contribution < 1.29 is 20.1 Å². The van der Waals surface area contributed by atoms with Crippen LogP contribution in [0.25, 0.3) is 0 Å². The second kappa shape index (κ2) is 3.01. The first-order chi connectivity index (χ1) is 5.46. The van der Waals surface area contributed by atoms with Gasteiger partial charge in [0.1, 0.15) is 5.60 Å². The summed E-state index contributed by atoms with van der Waals surface area (Å²) in [7, 11) is 1.77. The van der Waals surface area contributed by atoms with E-state index in [1.165, 1.54) is 0 Å². The minimum Gasteiger partial charge on any atom is -0.479 e. The van der Waals surface area contributed by atoms with E-state index >= 15 is 0 Å². The Morgan fingerprint density at radius 2 is 2.25 bits per heavy atom. The summed E-state index contributed by atoms with van der Waals surface area (Å²) in [5.41, 5.74) is -1.47. The summed E-state index contributed by atoms with van der Waals surface area (Å²) < 4.78 is 0. The summed E-state index contributed by atoms with van der Waals surface area (Å²) in [6.07, 6.45) is -1.38. The predicted octanol–water partition coefficient (Wildman–Crippen LogP) is -1.50. The Kier molecular flexibility index (Phi) is 2.36. The Bertz CT molecular complexity index is 196. The molecule has 1 fully saturated rings. The smallest absolute Gasteiger partial charge is 0.335 e. The minimum atomic E-state index is -1.68. The van der Waals surface area contributed by atoms with Crippen LogP contribution in [0.5, 0.6) is 0 Å². The number of rotatable bonds is 2. The maximum absolute atomic E-state index is 10.4. The molecule has 1 saturated heterocycles. The number of carboxylic acid groups (broad SMARTS) is 1. The van der Waals surface area contributed by atoms with Gasteiger partial charge in [0.05, 0.1) is 0 Å². The average Bonchev–Trinajstić information content (AvgIpc) is 2.31. The van der Waals surface area contributed by atoms with Crippen LogP contribution < -0.4 is 0 Å². The van der Waals surface area contributed by atoms with E-state index in [4.69, 9.17) is 10.2 Å². The van der Waals surface area contributed by atoms with Crippen LogP contribution in [0.1, 0.15) is 6.42 Å². The molecule has 0 bridgehead atoms. The lowest BCUT2D eigenvalue weighted by atomic mass is 9.96. The van der Waals surface area contributed by atoms with E-state index < -0.39 is 17.7 Å². The molecule has 0 saturated carbocycles. The van der Waals surface area contributed by atoms with Gasteiger partial charge in [-0.25, -0.2) is 4.79 Å². The number of hydrogen-bond acceptors (Lipinski definition) is 4. The summed E-state index contributed by atoms with van der Waals surface area (Å²) >= 11 is 0. The van der Waals surface area contributed by atoms with E-state index in [2.05, 4.69) is 0 Å². The van der Waals surface area contributed by atoms with E-state index in [0.717, 1.165) is 0 Å². The number of carbonyl (C=O) groups is 1. The van der Waals surface area contributed by atoms with E-state index in [1.807, 2.05) is 0 Å². The molecule has 2 atom stereocenters. The van der Waals surface area contributed by atoms with Gasteiger partial charge in [-0.3, -0.25) is 0 Å². The van der Waals surface area contributed by atoms with Gasteiger partial charge < -0.3 is 20.2 Å². The van der Waals surface area contributed by atoms with Gasteiger partial charge in [-0.2, -0.15) is 0 Å². The fourth-order valence-electron chi connectivity index (χ4n) is 1.46. The summed E-state index contributed by atoms with van der Waals surface area (Å²) in [6.45, 7) is 0.821. The van der Waals surface area contributed by atoms with Gasteiger partial charge in [0.15, 0.2) is 6.10 Å². The summed E-state index contributed by atoms with van der Waals surface area (Å²) in [4.78, 5) is 12.2. The lowest BCUT2D eigenvalue weighted by Gasteiger charge is -2.24. The Labute approximate surface area is 70.2 Å². The van der Waals surface area contributed by atoms with Crippen molar-refractivity contribution in [3.8, 4) is 0 Å². The van der Waals surface area contributed by atoms with Crippen LogP contribution in [0, 0.1) is 0 Å². The van der Waals surface area contributed by atoms with Crippen LogP contribution >= 0.6 is 0 Å². The third-order valence-corrected chi connectivity index (χ3v) is 2.21. The van der Waals surface area contributed by atoms with Crippen molar-refractivity contribution in [3.63, 3.8) is 0 Å². The number of likely N-dealkylation sites (N-methyl/N-ethyl adjacent to an activating group) is 1. The molecule has 0 aliphatic carbocycles. The summed E-state index contributed by atoms with van der Waals surface area (Å²) in [5, 5.41) is 27.2. The average molecular weight is 175 g/mol. The standard InChI is InChI=1S/C7H13NO4/c1-8-3-2-7(12,4-8)5(9)6(10)11/h5,9,12H,2-4H2,1H3,(H,10,11). The van der Waals surface area contributed by atoms with Crippen molar-refractivity contribution in [2.24, 2.45) is 0 Å². The van der Waals surface area contributed by atoms with Crippen molar-refractivity contribution in [2.75, 3.05) is 20.1 Å². The van der Waals surface area contributed by atoms with Crippen molar-refractivity contribution in [3.05, 3.63) is 0 Å². The lowest BCUT2D eigenvalue weighted by Crippen LogP contribution is -2.48. The highest BCUT2D eigenvalue weighted by Crippen LogP contribution is 2.23. The molecular weight excluding hydrogens is 162 g/mol. The molecule has 0 radical (unpaired) electrons. The Morgan fingerprint density at radius 3 is 2.58 bits per heavy atom. The SMILES string of the molecule is CN1CCC(O)(C(O)C(=O)O)C1. The van der Waals surface area contributed by atoms with Crippen LogP contribution in [-0.2, 0) is 4.79 Å². The summed E-state index contributed by atoms with van der Waals surface area (Å²) in [6, 6.07) is 0. The first kappa shape index (κ1) is 9.44. The molecule has 0 aromatic carbocycles. The number of nitrogens with zero attached hydrogens (tertiary/aromatic N) is 1. The van der Waals surface area contributed by atoms with Crippen molar-refractivity contribution in [1.29, 1.82) is 0 Å². The van der Waals surface area contributed by atoms with Gasteiger partial charge in [-0.15, -0.1) is 0 Å². The molecule has 0 spiro atoms. The fraction of sp³-hybridized carbons (Fsp3) is 0.857. The van der Waals surface area contributed by atoms with Crippen LogP contribution in [-0.4, -0.2) is 58.0 Å². The van der Waals surface area contributed by atoms with E-state index in [0.29, 0.717) is 13.0 Å². The van der Waals surface area contributed by atoms with E-state index in [-0.39, 0.29) is 6.54 Å².